The van der Waals surface area contributed by atoms with Crippen molar-refractivity contribution in [1.82, 2.24) is 4.31 Å². The third-order valence-corrected chi connectivity index (χ3v) is 6.16. The number of hydrogen-bond donors (Lipinski definition) is 0. The smallest absolute Gasteiger partial charge is 0.315 e. The molecule has 0 spiro atoms. The molecule has 0 radical (unpaired) electrons. The number of benzene rings is 2. The molecule has 1 aliphatic heterocycles. The Labute approximate surface area is 165 Å². The Hall–Kier alpha value is -1.89. The fraction of sp³-hybridized carbons (Fsp3) is 0.350. The molecule has 0 saturated carbocycles. The SMILES string of the molecule is CS(=O)(=O)N1CCC[C@H](C(=O)Oc2ccc(Cl)cc2Cc2ccccc2)C1. The summed E-state index contributed by atoms with van der Waals surface area (Å²) in [4.78, 5) is 12.7. The zero-order valence-corrected chi connectivity index (χ0v) is 16.7. The highest BCUT2D eigenvalue weighted by molar-refractivity contribution is 7.88. The van der Waals surface area contributed by atoms with E-state index in [0.717, 1.165) is 17.4 Å². The topological polar surface area (TPSA) is 63.7 Å². The lowest BCUT2D eigenvalue weighted by atomic mass is 10.00. The van der Waals surface area contributed by atoms with Crippen molar-refractivity contribution >= 4 is 27.6 Å². The standard InChI is InChI=1S/C20H22ClNO4S/c1-27(24,25)22-11-5-8-16(14-22)20(23)26-19-10-9-18(21)13-17(19)12-15-6-3-2-4-7-15/h2-4,6-7,9-10,13,16H,5,8,11-12,14H2,1H3/t16-/m0/s1. The number of hydrogen-bond acceptors (Lipinski definition) is 4. The second-order valence-electron chi connectivity index (χ2n) is 6.80. The van der Waals surface area contributed by atoms with Crippen LogP contribution in [0.5, 0.6) is 5.75 Å². The predicted molar refractivity (Wildman–Crippen MR) is 105 cm³/mol. The van der Waals surface area contributed by atoms with Crippen molar-refractivity contribution in [2.75, 3.05) is 19.3 Å². The van der Waals surface area contributed by atoms with Gasteiger partial charge >= 0.3 is 5.97 Å². The highest BCUT2D eigenvalue weighted by Crippen LogP contribution is 2.28. The van der Waals surface area contributed by atoms with Gasteiger partial charge < -0.3 is 4.74 Å². The molecule has 2 aromatic carbocycles. The summed E-state index contributed by atoms with van der Waals surface area (Å²) in [7, 11) is -3.31. The van der Waals surface area contributed by atoms with E-state index in [2.05, 4.69) is 0 Å². The summed E-state index contributed by atoms with van der Waals surface area (Å²) in [5.74, 6) is -0.404. The van der Waals surface area contributed by atoms with Crippen LogP contribution in [-0.2, 0) is 21.2 Å². The molecule has 7 heteroatoms. The van der Waals surface area contributed by atoms with Crippen molar-refractivity contribution in [2.24, 2.45) is 5.92 Å². The minimum Gasteiger partial charge on any atom is -0.426 e. The summed E-state index contributed by atoms with van der Waals surface area (Å²) >= 11 is 6.12. The van der Waals surface area contributed by atoms with Gasteiger partial charge in [0.25, 0.3) is 0 Å². The zero-order chi connectivity index (χ0) is 19.4. The van der Waals surface area contributed by atoms with E-state index >= 15 is 0 Å². The Bertz CT molecular complexity index is 915. The Morgan fingerprint density at radius 1 is 1.22 bits per heavy atom. The maximum Gasteiger partial charge on any atom is 0.315 e. The molecule has 144 valence electrons. The molecule has 1 heterocycles. The normalized spacial score (nSPS) is 18.2. The van der Waals surface area contributed by atoms with E-state index in [1.165, 1.54) is 4.31 Å². The van der Waals surface area contributed by atoms with Crippen LogP contribution < -0.4 is 4.74 Å². The number of nitrogens with zero attached hydrogens (tertiary/aromatic N) is 1. The van der Waals surface area contributed by atoms with Gasteiger partial charge in [-0.2, -0.15) is 0 Å². The molecule has 1 aliphatic rings. The van der Waals surface area contributed by atoms with E-state index in [-0.39, 0.29) is 6.54 Å². The van der Waals surface area contributed by atoms with E-state index in [9.17, 15) is 13.2 Å². The summed E-state index contributed by atoms with van der Waals surface area (Å²) in [6.07, 6.45) is 3.01. The Balaban J connectivity index is 1.76. The van der Waals surface area contributed by atoms with E-state index < -0.39 is 21.9 Å². The van der Waals surface area contributed by atoms with Gasteiger partial charge in [0.1, 0.15) is 5.75 Å². The third-order valence-electron chi connectivity index (χ3n) is 4.66. The fourth-order valence-corrected chi connectivity index (χ4v) is 4.34. The van der Waals surface area contributed by atoms with Crippen molar-refractivity contribution in [2.45, 2.75) is 19.3 Å². The summed E-state index contributed by atoms with van der Waals surface area (Å²) in [5, 5.41) is 0.571. The van der Waals surface area contributed by atoms with Gasteiger partial charge in [0.05, 0.1) is 12.2 Å². The first-order chi connectivity index (χ1) is 12.8. The minimum absolute atomic E-state index is 0.166. The lowest BCUT2D eigenvalue weighted by molar-refractivity contribution is -0.140. The highest BCUT2D eigenvalue weighted by Gasteiger charge is 2.31. The number of esters is 1. The second kappa shape index (κ2) is 8.42. The first-order valence-corrected chi connectivity index (χ1v) is 11.0. The summed E-state index contributed by atoms with van der Waals surface area (Å²) in [5.41, 5.74) is 1.90. The predicted octanol–water partition coefficient (Wildman–Crippen LogP) is 3.51. The molecule has 1 saturated heterocycles. The van der Waals surface area contributed by atoms with Gasteiger partial charge in [0.15, 0.2) is 0 Å². The Kier molecular flexibility index (Phi) is 6.19. The molecule has 0 N–H and O–H groups in total. The average molecular weight is 408 g/mol. The van der Waals surface area contributed by atoms with Crippen LogP contribution in [0.1, 0.15) is 24.0 Å². The van der Waals surface area contributed by atoms with Crippen molar-refractivity contribution in [1.29, 1.82) is 0 Å². The van der Waals surface area contributed by atoms with Crippen LogP contribution in [-0.4, -0.2) is 38.0 Å². The molecular formula is C20H22ClNO4S. The van der Waals surface area contributed by atoms with Gasteiger partial charge in [0, 0.05) is 30.1 Å². The monoisotopic (exact) mass is 407 g/mol. The van der Waals surface area contributed by atoms with Crippen LogP contribution in [0.15, 0.2) is 48.5 Å². The number of rotatable bonds is 5. The number of sulfonamides is 1. The first kappa shape index (κ1) is 19.9. The maximum atomic E-state index is 12.7. The van der Waals surface area contributed by atoms with Crippen LogP contribution in [0.3, 0.4) is 0 Å². The number of ether oxygens (including phenoxy) is 1. The maximum absolute atomic E-state index is 12.7. The van der Waals surface area contributed by atoms with Crippen LogP contribution in [0.2, 0.25) is 5.02 Å². The highest BCUT2D eigenvalue weighted by atomic mass is 35.5. The summed E-state index contributed by atoms with van der Waals surface area (Å²) in [6.45, 7) is 0.613. The van der Waals surface area contributed by atoms with Gasteiger partial charge in [-0.25, -0.2) is 12.7 Å². The van der Waals surface area contributed by atoms with Crippen LogP contribution in [0.25, 0.3) is 0 Å². The van der Waals surface area contributed by atoms with Crippen molar-refractivity contribution in [3.05, 3.63) is 64.7 Å². The molecule has 3 rings (SSSR count). The summed E-state index contributed by atoms with van der Waals surface area (Å²) < 4.78 is 30.5. The summed E-state index contributed by atoms with van der Waals surface area (Å²) in [6, 6.07) is 15.0. The minimum atomic E-state index is -3.31. The van der Waals surface area contributed by atoms with Gasteiger partial charge in [-0.05, 0) is 36.6 Å². The van der Waals surface area contributed by atoms with E-state index in [4.69, 9.17) is 16.3 Å². The van der Waals surface area contributed by atoms with Crippen LogP contribution in [0, 0.1) is 5.92 Å². The molecule has 0 bridgehead atoms. The molecule has 0 amide bonds. The molecule has 0 aliphatic carbocycles. The molecule has 2 aromatic rings. The van der Waals surface area contributed by atoms with E-state index in [1.54, 1.807) is 18.2 Å². The zero-order valence-electron chi connectivity index (χ0n) is 15.1. The van der Waals surface area contributed by atoms with Crippen LogP contribution in [0.4, 0.5) is 0 Å². The van der Waals surface area contributed by atoms with E-state index in [1.807, 2.05) is 30.3 Å². The van der Waals surface area contributed by atoms with Gasteiger partial charge in [-0.1, -0.05) is 41.9 Å². The van der Waals surface area contributed by atoms with Crippen molar-refractivity contribution in [3.63, 3.8) is 0 Å². The molecule has 5 nitrogen and oxygen atoms in total. The second-order valence-corrected chi connectivity index (χ2v) is 9.21. The van der Waals surface area contributed by atoms with Gasteiger partial charge in [-0.15, -0.1) is 0 Å². The Morgan fingerprint density at radius 2 is 1.96 bits per heavy atom. The molecule has 0 aromatic heterocycles. The number of piperidine rings is 1. The molecule has 0 unspecified atom stereocenters. The molecule has 1 atom stereocenters. The van der Waals surface area contributed by atoms with Crippen LogP contribution >= 0.6 is 11.6 Å². The Morgan fingerprint density at radius 3 is 2.67 bits per heavy atom. The van der Waals surface area contributed by atoms with Crippen molar-refractivity contribution < 1.29 is 17.9 Å². The molecular weight excluding hydrogens is 386 g/mol. The van der Waals surface area contributed by atoms with Crippen molar-refractivity contribution in [3.8, 4) is 5.75 Å². The number of carbonyl (C=O) groups is 1. The average Bonchev–Trinajstić information content (AvgIpc) is 2.64. The fourth-order valence-electron chi connectivity index (χ4n) is 3.23. The lowest BCUT2D eigenvalue weighted by Gasteiger charge is -2.29. The third kappa shape index (κ3) is 5.31. The lowest BCUT2D eigenvalue weighted by Crippen LogP contribution is -2.42. The quantitative estimate of drug-likeness (QED) is 0.562. The largest absolute Gasteiger partial charge is 0.426 e. The van der Waals surface area contributed by atoms with E-state index in [0.29, 0.717) is 36.6 Å². The number of halogens is 1. The molecule has 27 heavy (non-hydrogen) atoms. The first-order valence-electron chi connectivity index (χ1n) is 8.82. The number of carbonyl (C=O) groups excluding carboxylic acids is 1. The van der Waals surface area contributed by atoms with Gasteiger partial charge in [0.2, 0.25) is 10.0 Å². The van der Waals surface area contributed by atoms with Gasteiger partial charge in [-0.3, -0.25) is 4.79 Å². The molecule has 1 fully saturated rings.